The van der Waals surface area contributed by atoms with Crippen LogP contribution in [0.15, 0.2) is 24.3 Å². The van der Waals surface area contributed by atoms with Gasteiger partial charge in [-0.05, 0) is 43.4 Å². The van der Waals surface area contributed by atoms with Crippen LogP contribution < -0.4 is 5.32 Å². The largest absolute Gasteiger partial charge is 0.508 e. The summed E-state index contributed by atoms with van der Waals surface area (Å²) < 4.78 is 0. The number of carbonyl (C=O) groups excluding carboxylic acids is 1. The van der Waals surface area contributed by atoms with Crippen LogP contribution >= 0.6 is 0 Å². The zero-order valence-electron chi connectivity index (χ0n) is 11.4. The average Bonchev–Trinajstić information content (AvgIpc) is 2.44. The van der Waals surface area contributed by atoms with E-state index in [1.54, 1.807) is 12.1 Å². The van der Waals surface area contributed by atoms with Gasteiger partial charge in [0, 0.05) is 12.5 Å². The molecule has 1 fully saturated rings. The van der Waals surface area contributed by atoms with Crippen LogP contribution in [0.3, 0.4) is 0 Å². The number of hydrogen-bond donors (Lipinski definition) is 2. The van der Waals surface area contributed by atoms with E-state index in [1.807, 2.05) is 12.1 Å². The number of carbonyl (C=O) groups is 1. The van der Waals surface area contributed by atoms with E-state index in [0.717, 1.165) is 37.8 Å². The molecule has 0 spiro atoms. The smallest absolute Gasteiger partial charge is 0.223 e. The minimum atomic E-state index is 0.232. The van der Waals surface area contributed by atoms with Crippen molar-refractivity contribution in [2.45, 2.75) is 44.9 Å². The van der Waals surface area contributed by atoms with E-state index >= 15 is 0 Å². The van der Waals surface area contributed by atoms with E-state index in [1.165, 1.54) is 19.3 Å². The lowest BCUT2D eigenvalue weighted by Crippen LogP contribution is -2.32. The third kappa shape index (κ3) is 4.58. The summed E-state index contributed by atoms with van der Waals surface area (Å²) in [6, 6.07) is 7.31. The standard InChI is InChI=1S/C16H23NO2/c18-15-10-4-6-13(12-15)7-5-11-17-16(19)14-8-2-1-3-9-14/h4,6,10,12,14,18H,1-3,5,7-9,11H2,(H,17,19). The van der Waals surface area contributed by atoms with Gasteiger partial charge in [0.25, 0.3) is 0 Å². The summed E-state index contributed by atoms with van der Waals surface area (Å²) in [5.41, 5.74) is 1.12. The number of phenols is 1. The molecule has 2 rings (SSSR count). The van der Waals surface area contributed by atoms with Gasteiger partial charge in [-0.2, -0.15) is 0 Å². The van der Waals surface area contributed by atoms with Crippen LogP contribution in [0.25, 0.3) is 0 Å². The Bertz CT molecular complexity index is 411. The van der Waals surface area contributed by atoms with Crippen molar-refractivity contribution in [2.24, 2.45) is 5.92 Å². The van der Waals surface area contributed by atoms with Gasteiger partial charge in [-0.1, -0.05) is 31.4 Å². The minimum absolute atomic E-state index is 0.232. The van der Waals surface area contributed by atoms with Crippen molar-refractivity contribution < 1.29 is 9.90 Å². The Kier molecular flexibility index (Phi) is 5.25. The Balaban J connectivity index is 1.65. The van der Waals surface area contributed by atoms with Crippen molar-refractivity contribution in [3.05, 3.63) is 29.8 Å². The van der Waals surface area contributed by atoms with Crippen molar-refractivity contribution in [3.8, 4) is 5.75 Å². The molecule has 1 aromatic rings. The van der Waals surface area contributed by atoms with Crippen LogP contribution in [0, 0.1) is 5.92 Å². The van der Waals surface area contributed by atoms with Crippen molar-refractivity contribution in [1.82, 2.24) is 5.32 Å². The number of rotatable bonds is 5. The predicted octanol–water partition coefficient (Wildman–Crippen LogP) is 3.02. The molecule has 3 nitrogen and oxygen atoms in total. The van der Waals surface area contributed by atoms with Gasteiger partial charge in [-0.25, -0.2) is 0 Å². The minimum Gasteiger partial charge on any atom is -0.508 e. The first-order valence-electron chi connectivity index (χ1n) is 7.31. The van der Waals surface area contributed by atoms with Gasteiger partial charge in [0.15, 0.2) is 0 Å². The molecule has 0 saturated heterocycles. The van der Waals surface area contributed by atoms with Gasteiger partial charge in [-0.15, -0.1) is 0 Å². The topological polar surface area (TPSA) is 49.3 Å². The van der Waals surface area contributed by atoms with Gasteiger partial charge < -0.3 is 10.4 Å². The summed E-state index contributed by atoms with van der Waals surface area (Å²) in [5, 5.41) is 12.4. The monoisotopic (exact) mass is 261 g/mol. The van der Waals surface area contributed by atoms with Gasteiger partial charge in [0.05, 0.1) is 0 Å². The maximum atomic E-state index is 11.9. The van der Waals surface area contributed by atoms with Gasteiger partial charge in [0.1, 0.15) is 5.75 Å². The Labute approximate surface area is 115 Å². The maximum Gasteiger partial charge on any atom is 0.223 e. The fourth-order valence-corrected chi connectivity index (χ4v) is 2.73. The number of benzene rings is 1. The lowest BCUT2D eigenvalue weighted by atomic mass is 9.88. The lowest BCUT2D eigenvalue weighted by molar-refractivity contribution is -0.125. The molecule has 1 aliphatic rings. The molecular weight excluding hydrogens is 238 g/mol. The summed E-state index contributed by atoms with van der Waals surface area (Å²) in [5.74, 6) is 0.786. The lowest BCUT2D eigenvalue weighted by Gasteiger charge is -2.20. The highest BCUT2D eigenvalue weighted by Crippen LogP contribution is 2.23. The SMILES string of the molecule is O=C(NCCCc1cccc(O)c1)C1CCCCC1. The molecule has 0 bridgehead atoms. The number of amides is 1. The quantitative estimate of drug-likeness (QED) is 0.800. The summed E-state index contributed by atoms with van der Waals surface area (Å²) in [6.07, 6.45) is 7.59. The summed E-state index contributed by atoms with van der Waals surface area (Å²) in [6.45, 7) is 0.727. The number of phenolic OH excluding ortho intramolecular Hbond substituents is 1. The molecule has 0 atom stereocenters. The fourth-order valence-electron chi connectivity index (χ4n) is 2.73. The zero-order chi connectivity index (χ0) is 13.5. The van der Waals surface area contributed by atoms with Crippen LogP contribution in [0.4, 0.5) is 0 Å². The predicted molar refractivity (Wildman–Crippen MR) is 76.0 cm³/mol. The molecule has 104 valence electrons. The third-order valence-corrected chi connectivity index (χ3v) is 3.83. The van der Waals surface area contributed by atoms with Gasteiger partial charge in [-0.3, -0.25) is 4.79 Å². The fraction of sp³-hybridized carbons (Fsp3) is 0.562. The third-order valence-electron chi connectivity index (χ3n) is 3.83. The second-order valence-corrected chi connectivity index (χ2v) is 5.40. The molecule has 1 aromatic carbocycles. The normalized spacial score (nSPS) is 16.2. The highest BCUT2D eigenvalue weighted by atomic mass is 16.3. The van der Waals surface area contributed by atoms with Crippen LogP contribution in [-0.4, -0.2) is 17.6 Å². The molecule has 2 N–H and O–H groups in total. The number of aromatic hydroxyl groups is 1. The molecular formula is C16H23NO2. The molecule has 19 heavy (non-hydrogen) atoms. The molecule has 1 amide bonds. The van der Waals surface area contributed by atoms with Crippen molar-refractivity contribution >= 4 is 5.91 Å². The highest BCUT2D eigenvalue weighted by molar-refractivity contribution is 5.78. The molecule has 0 heterocycles. The van der Waals surface area contributed by atoms with E-state index in [4.69, 9.17) is 0 Å². The second kappa shape index (κ2) is 7.17. The van der Waals surface area contributed by atoms with E-state index in [-0.39, 0.29) is 11.8 Å². The highest BCUT2D eigenvalue weighted by Gasteiger charge is 2.20. The summed E-state index contributed by atoms with van der Waals surface area (Å²) in [7, 11) is 0. The Hall–Kier alpha value is -1.51. The average molecular weight is 261 g/mol. The van der Waals surface area contributed by atoms with E-state index in [2.05, 4.69) is 5.32 Å². The molecule has 0 aliphatic heterocycles. The maximum absolute atomic E-state index is 11.9. The number of hydrogen-bond acceptors (Lipinski definition) is 2. The molecule has 1 aliphatic carbocycles. The first-order valence-corrected chi connectivity index (χ1v) is 7.31. The van der Waals surface area contributed by atoms with Crippen LogP contribution in [0.5, 0.6) is 5.75 Å². The first-order chi connectivity index (χ1) is 9.25. The number of nitrogens with one attached hydrogen (secondary N) is 1. The summed E-state index contributed by atoms with van der Waals surface area (Å²) >= 11 is 0. The van der Waals surface area contributed by atoms with Crippen molar-refractivity contribution in [3.63, 3.8) is 0 Å². The zero-order valence-corrected chi connectivity index (χ0v) is 11.4. The first kappa shape index (κ1) is 13.9. The van der Waals surface area contributed by atoms with Crippen LogP contribution in [0.2, 0.25) is 0 Å². The molecule has 0 unspecified atom stereocenters. The molecule has 1 saturated carbocycles. The Morgan fingerprint density at radius 1 is 1.26 bits per heavy atom. The second-order valence-electron chi connectivity index (χ2n) is 5.40. The Morgan fingerprint density at radius 2 is 2.05 bits per heavy atom. The molecule has 0 aromatic heterocycles. The Morgan fingerprint density at radius 3 is 2.79 bits per heavy atom. The van der Waals surface area contributed by atoms with Crippen molar-refractivity contribution in [2.75, 3.05) is 6.54 Å². The molecule has 3 heteroatoms. The number of aryl methyl sites for hydroxylation is 1. The van der Waals surface area contributed by atoms with Gasteiger partial charge >= 0.3 is 0 Å². The van der Waals surface area contributed by atoms with E-state index < -0.39 is 0 Å². The van der Waals surface area contributed by atoms with Crippen molar-refractivity contribution in [1.29, 1.82) is 0 Å². The van der Waals surface area contributed by atoms with Gasteiger partial charge in [0.2, 0.25) is 5.91 Å². The molecule has 0 radical (unpaired) electrons. The van der Waals surface area contributed by atoms with Crippen LogP contribution in [0.1, 0.15) is 44.1 Å². The van der Waals surface area contributed by atoms with Crippen LogP contribution in [-0.2, 0) is 11.2 Å². The van der Waals surface area contributed by atoms with E-state index in [0.29, 0.717) is 5.75 Å². The van der Waals surface area contributed by atoms with E-state index in [9.17, 15) is 9.90 Å². The summed E-state index contributed by atoms with van der Waals surface area (Å²) in [4.78, 5) is 11.9.